The molecule has 0 spiro atoms. The molecule has 33 heavy (non-hydrogen) atoms. The molecule has 1 aromatic carbocycles. The second-order valence-corrected chi connectivity index (χ2v) is 9.55. The fourth-order valence-electron chi connectivity index (χ4n) is 4.69. The van der Waals surface area contributed by atoms with Crippen molar-refractivity contribution in [1.29, 1.82) is 0 Å². The molecule has 182 valence electrons. The van der Waals surface area contributed by atoms with E-state index in [0.717, 1.165) is 50.5 Å². The normalized spacial score (nSPS) is 12.3. The maximum absolute atomic E-state index is 6.06. The van der Waals surface area contributed by atoms with Crippen molar-refractivity contribution in [1.82, 2.24) is 4.98 Å². The number of aromatic nitrogens is 1. The fourth-order valence-corrected chi connectivity index (χ4v) is 4.69. The molecule has 0 unspecified atom stereocenters. The van der Waals surface area contributed by atoms with Gasteiger partial charge in [0, 0.05) is 11.6 Å². The van der Waals surface area contributed by atoms with E-state index in [2.05, 4.69) is 38.1 Å². The lowest BCUT2D eigenvalue weighted by Crippen LogP contribution is -2.08. The Hall–Kier alpha value is -2.03. The minimum absolute atomic E-state index is 0.772. The fraction of sp³-hybridized carbons (Fsp3) is 0.633. The van der Waals surface area contributed by atoms with E-state index in [0.29, 0.717) is 0 Å². The van der Waals surface area contributed by atoms with Crippen LogP contribution in [0.25, 0.3) is 11.1 Å². The molecule has 0 saturated carbocycles. The Bertz CT molecular complexity index is 817. The molecule has 1 aromatic heterocycles. The van der Waals surface area contributed by atoms with Gasteiger partial charge in [-0.3, -0.25) is 0 Å². The van der Waals surface area contributed by atoms with Gasteiger partial charge >= 0.3 is 0 Å². The number of hydrogen-bond acceptors (Lipinski definition) is 3. The summed E-state index contributed by atoms with van der Waals surface area (Å²) in [5, 5.41) is 0. The number of rotatable bonds is 17. The van der Waals surface area contributed by atoms with Gasteiger partial charge in [0.05, 0.1) is 18.9 Å². The number of benzene rings is 1. The van der Waals surface area contributed by atoms with Crippen LogP contribution in [0.15, 0.2) is 30.3 Å². The molecule has 3 nitrogen and oxygen atoms in total. The summed E-state index contributed by atoms with van der Waals surface area (Å²) in [4.78, 5) is 4.83. The molecule has 0 N–H and O–H groups in total. The van der Waals surface area contributed by atoms with Crippen LogP contribution < -0.4 is 9.47 Å². The lowest BCUT2D eigenvalue weighted by Gasteiger charge is -2.20. The van der Waals surface area contributed by atoms with Crippen molar-refractivity contribution in [2.45, 2.75) is 110 Å². The minimum Gasteiger partial charge on any atom is -0.494 e. The molecule has 0 aliphatic heterocycles. The maximum Gasteiger partial charge on any atom is 0.213 e. The number of ether oxygens (including phenoxy) is 2. The van der Waals surface area contributed by atoms with Gasteiger partial charge in [0.25, 0.3) is 0 Å². The molecule has 0 atom stereocenters. The molecule has 0 amide bonds. The first kappa shape index (κ1) is 25.6. The predicted molar refractivity (Wildman–Crippen MR) is 139 cm³/mol. The van der Waals surface area contributed by atoms with Gasteiger partial charge in [-0.1, -0.05) is 90.5 Å². The second kappa shape index (κ2) is 15.0. The van der Waals surface area contributed by atoms with Gasteiger partial charge in [0.1, 0.15) is 5.75 Å². The molecule has 0 fully saturated rings. The van der Waals surface area contributed by atoms with Gasteiger partial charge in [-0.2, -0.15) is 0 Å². The molecule has 2 aromatic rings. The van der Waals surface area contributed by atoms with E-state index in [1.54, 1.807) is 0 Å². The summed E-state index contributed by atoms with van der Waals surface area (Å²) in [5.41, 5.74) is 5.10. The molecule has 1 aliphatic rings. The van der Waals surface area contributed by atoms with Crippen LogP contribution >= 0.6 is 0 Å². The molecule has 0 bridgehead atoms. The van der Waals surface area contributed by atoms with Gasteiger partial charge < -0.3 is 9.47 Å². The number of pyridine rings is 1. The smallest absolute Gasteiger partial charge is 0.213 e. The molecular weight excluding hydrogens is 406 g/mol. The van der Waals surface area contributed by atoms with Crippen molar-refractivity contribution >= 4 is 0 Å². The Morgan fingerprint density at radius 3 is 1.94 bits per heavy atom. The number of nitrogens with zero attached hydrogens (tertiary/aromatic N) is 1. The molecule has 1 aliphatic carbocycles. The minimum atomic E-state index is 0.772. The average Bonchev–Trinajstić information content (AvgIpc) is 2.84. The van der Waals surface area contributed by atoms with E-state index in [9.17, 15) is 0 Å². The van der Waals surface area contributed by atoms with E-state index in [1.165, 1.54) is 93.0 Å². The van der Waals surface area contributed by atoms with Gasteiger partial charge in [-0.25, -0.2) is 4.98 Å². The average molecular weight is 452 g/mol. The van der Waals surface area contributed by atoms with Crippen LogP contribution in [0, 0.1) is 0 Å². The highest BCUT2D eigenvalue weighted by atomic mass is 16.5. The van der Waals surface area contributed by atoms with Gasteiger partial charge in [-0.15, -0.1) is 0 Å². The Kier molecular flexibility index (Phi) is 11.6. The zero-order chi connectivity index (χ0) is 23.1. The highest BCUT2D eigenvalue weighted by molar-refractivity contribution is 5.73. The van der Waals surface area contributed by atoms with Crippen molar-refractivity contribution in [3.8, 4) is 22.8 Å². The van der Waals surface area contributed by atoms with E-state index in [-0.39, 0.29) is 0 Å². The van der Waals surface area contributed by atoms with Crippen molar-refractivity contribution in [2.24, 2.45) is 0 Å². The summed E-state index contributed by atoms with van der Waals surface area (Å²) in [5.74, 6) is 1.79. The summed E-state index contributed by atoms with van der Waals surface area (Å²) in [6, 6.07) is 10.8. The van der Waals surface area contributed by atoms with Gasteiger partial charge in [0.2, 0.25) is 5.88 Å². The van der Waals surface area contributed by atoms with E-state index in [1.807, 2.05) is 6.07 Å². The van der Waals surface area contributed by atoms with Crippen LogP contribution in [0.2, 0.25) is 0 Å². The number of fused-ring (bicyclic) bond motifs is 3. The van der Waals surface area contributed by atoms with E-state index < -0.39 is 0 Å². The SMILES string of the molecule is CCCCCCCCCOc1ccc2c(c1)CCc1nc(OCCCCCCCC)ccc1-2. The Labute approximate surface area is 202 Å². The first-order chi connectivity index (χ1) is 16.3. The lowest BCUT2D eigenvalue weighted by molar-refractivity contribution is 0.292. The molecule has 3 rings (SSSR count). The van der Waals surface area contributed by atoms with Gasteiger partial charge in [-0.05, 0) is 55.0 Å². The van der Waals surface area contributed by atoms with Crippen molar-refractivity contribution < 1.29 is 9.47 Å². The van der Waals surface area contributed by atoms with Crippen LogP contribution in [-0.2, 0) is 12.8 Å². The van der Waals surface area contributed by atoms with Crippen LogP contribution in [0.5, 0.6) is 11.6 Å². The standard InChI is InChI=1S/C30H45NO2/c1-3-5-7-9-11-13-14-22-32-26-17-18-27-25(24-26)16-20-29-28(27)19-21-30(31-29)33-23-15-12-10-8-6-4-2/h17-19,21,24H,3-16,20,22-23H2,1-2H3. The number of aryl methyl sites for hydroxylation is 2. The molecule has 3 heteroatoms. The van der Waals surface area contributed by atoms with Crippen molar-refractivity contribution in [3.05, 3.63) is 41.6 Å². The topological polar surface area (TPSA) is 31.4 Å². The van der Waals surface area contributed by atoms with Crippen LogP contribution in [0.4, 0.5) is 0 Å². The zero-order valence-electron chi connectivity index (χ0n) is 21.2. The van der Waals surface area contributed by atoms with E-state index in [4.69, 9.17) is 14.5 Å². The summed E-state index contributed by atoms with van der Waals surface area (Å²) >= 11 is 0. The summed E-state index contributed by atoms with van der Waals surface area (Å²) in [6.07, 6.45) is 18.9. The largest absolute Gasteiger partial charge is 0.494 e. The maximum atomic E-state index is 6.06. The first-order valence-corrected chi connectivity index (χ1v) is 13.7. The van der Waals surface area contributed by atoms with Crippen molar-refractivity contribution in [2.75, 3.05) is 13.2 Å². The van der Waals surface area contributed by atoms with E-state index >= 15 is 0 Å². The first-order valence-electron chi connectivity index (χ1n) is 13.7. The zero-order valence-corrected chi connectivity index (χ0v) is 21.2. The highest BCUT2D eigenvalue weighted by Crippen LogP contribution is 2.35. The molecule has 1 heterocycles. The number of unbranched alkanes of at least 4 members (excludes halogenated alkanes) is 11. The Morgan fingerprint density at radius 2 is 1.24 bits per heavy atom. The van der Waals surface area contributed by atoms with Crippen LogP contribution in [-0.4, -0.2) is 18.2 Å². The lowest BCUT2D eigenvalue weighted by atomic mass is 9.88. The summed E-state index contributed by atoms with van der Waals surface area (Å²) in [6.45, 7) is 6.12. The third-order valence-electron chi connectivity index (χ3n) is 6.71. The van der Waals surface area contributed by atoms with Gasteiger partial charge in [0.15, 0.2) is 0 Å². The highest BCUT2D eigenvalue weighted by Gasteiger charge is 2.18. The second-order valence-electron chi connectivity index (χ2n) is 9.55. The quantitative estimate of drug-likeness (QED) is 0.225. The predicted octanol–water partition coefficient (Wildman–Crippen LogP) is 8.72. The number of hydrogen-bond donors (Lipinski definition) is 0. The third-order valence-corrected chi connectivity index (χ3v) is 6.71. The molecular formula is C30H45NO2. The van der Waals surface area contributed by atoms with Crippen LogP contribution in [0.1, 0.15) is 109 Å². The molecule has 0 radical (unpaired) electrons. The Morgan fingerprint density at radius 1 is 0.636 bits per heavy atom. The monoisotopic (exact) mass is 451 g/mol. The van der Waals surface area contributed by atoms with Crippen molar-refractivity contribution in [3.63, 3.8) is 0 Å². The van der Waals surface area contributed by atoms with Crippen LogP contribution in [0.3, 0.4) is 0 Å². The Balaban J connectivity index is 1.43. The molecule has 0 saturated heterocycles. The summed E-state index contributed by atoms with van der Waals surface area (Å²) in [7, 11) is 0. The summed E-state index contributed by atoms with van der Waals surface area (Å²) < 4.78 is 12.0. The third kappa shape index (κ3) is 8.68.